The van der Waals surface area contributed by atoms with Crippen LogP contribution in [0.5, 0.6) is 6.01 Å². The first-order chi connectivity index (χ1) is 16.6. The number of rotatable bonds is 9. The van der Waals surface area contributed by atoms with Crippen LogP contribution in [0.25, 0.3) is 17.1 Å². The van der Waals surface area contributed by atoms with Crippen molar-refractivity contribution in [1.82, 2.24) is 14.8 Å². The van der Waals surface area contributed by atoms with E-state index in [1.807, 2.05) is 6.92 Å². The number of nitrogens with one attached hydrogen (secondary N) is 1. The molecule has 4 aromatic rings. The monoisotopic (exact) mass is 480 g/mol. The summed E-state index contributed by atoms with van der Waals surface area (Å²) in [5.74, 6) is -0.464. The molecule has 0 aliphatic carbocycles. The molecule has 9 heteroatoms. The van der Waals surface area contributed by atoms with E-state index in [1.165, 1.54) is 10.7 Å². The number of hydrogen-bond acceptors (Lipinski definition) is 5. The van der Waals surface area contributed by atoms with Crippen LogP contribution in [0.1, 0.15) is 17.3 Å². The Morgan fingerprint density at radius 2 is 1.76 bits per heavy atom. The van der Waals surface area contributed by atoms with Gasteiger partial charge in [-0.05, 0) is 55.5 Å². The van der Waals surface area contributed by atoms with Gasteiger partial charge in [-0.1, -0.05) is 35.9 Å². The van der Waals surface area contributed by atoms with Crippen LogP contribution in [0, 0.1) is 5.82 Å². The van der Waals surface area contributed by atoms with Gasteiger partial charge in [0, 0.05) is 12.3 Å². The predicted molar refractivity (Wildman–Crippen MR) is 128 cm³/mol. The standard InChI is InChI=1S/C25H22ClFN4O3/c1-2-33-15-16-34-25-29-23(20-8-4-6-10-22(20)27)31(30-25)18-13-11-17(12-14-18)28-24(32)19-7-3-5-9-21(19)26/h3-14H,2,15-16H2,1H3,(H,28,32). The Labute approximate surface area is 201 Å². The quantitative estimate of drug-likeness (QED) is 0.325. The summed E-state index contributed by atoms with van der Waals surface area (Å²) in [5, 5.41) is 7.58. The fraction of sp³-hybridized carbons (Fsp3) is 0.160. The molecule has 0 radical (unpaired) electrons. The van der Waals surface area contributed by atoms with E-state index >= 15 is 0 Å². The molecule has 1 amide bonds. The lowest BCUT2D eigenvalue weighted by molar-refractivity contribution is 0.102. The lowest BCUT2D eigenvalue weighted by atomic mass is 10.2. The van der Waals surface area contributed by atoms with Crippen molar-refractivity contribution in [3.05, 3.63) is 89.2 Å². The van der Waals surface area contributed by atoms with Crippen molar-refractivity contribution >= 4 is 23.2 Å². The number of amides is 1. The van der Waals surface area contributed by atoms with Gasteiger partial charge in [0.1, 0.15) is 12.4 Å². The summed E-state index contributed by atoms with van der Waals surface area (Å²) < 4.78 is 26.9. The summed E-state index contributed by atoms with van der Waals surface area (Å²) >= 11 is 6.11. The van der Waals surface area contributed by atoms with E-state index in [0.29, 0.717) is 35.2 Å². The second-order valence-electron chi connectivity index (χ2n) is 7.14. The SMILES string of the molecule is CCOCCOc1nc(-c2ccccc2F)n(-c2ccc(NC(=O)c3ccccc3Cl)cc2)n1. The molecule has 0 aliphatic heterocycles. The molecule has 0 fully saturated rings. The normalized spacial score (nSPS) is 10.8. The molecule has 0 atom stereocenters. The second kappa shape index (κ2) is 10.9. The third-order valence-electron chi connectivity index (χ3n) is 4.85. The summed E-state index contributed by atoms with van der Waals surface area (Å²) in [7, 11) is 0. The van der Waals surface area contributed by atoms with Gasteiger partial charge in [0.05, 0.1) is 28.4 Å². The number of hydrogen-bond donors (Lipinski definition) is 1. The number of ether oxygens (including phenoxy) is 2. The first kappa shape index (κ1) is 23.4. The number of halogens is 2. The largest absolute Gasteiger partial charge is 0.460 e. The number of aromatic nitrogens is 3. The third kappa shape index (κ3) is 5.41. The van der Waals surface area contributed by atoms with Gasteiger partial charge in [-0.2, -0.15) is 4.98 Å². The van der Waals surface area contributed by atoms with Crippen LogP contribution >= 0.6 is 11.6 Å². The number of carbonyl (C=O) groups is 1. The highest BCUT2D eigenvalue weighted by Crippen LogP contribution is 2.26. The van der Waals surface area contributed by atoms with Crippen LogP contribution in [-0.2, 0) is 4.74 Å². The number of carbonyl (C=O) groups excluding carboxylic acids is 1. The van der Waals surface area contributed by atoms with Gasteiger partial charge in [0.15, 0.2) is 5.82 Å². The molecule has 0 unspecified atom stereocenters. The highest BCUT2D eigenvalue weighted by Gasteiger charge is 2.18. The van der Waals surface area contributed by atoms with E-state index in [9.17, 15) is 9.18 Å². The van der Waals surface area contributed by atoms with Gasteiger partial charge in [-0.3, -0.25) is 4.79 Å². The van der Waals surface area contributed by atoms with Crippen LogP contribution in [0.3, 0.4) is 0 Å². The van der Waals surface area contributed by atoms with E-state index < -0.39 is 5.82 Å². The summed E-state index contributed by atoms with van der Waals surface area (Å²) in [6.45, 7) is 3.12. The maximum Gasteiger partial charge on any atom is 0.336 e. The molecule has 174 valence electrons. The highest BCUT2D eigenvalue weighted by atomic mass is 35.5. The van der Waals surface area contributed by atoms with Crippen LogP contribution in [0.4, 0.5) is 10.1 Å². The lowest BCUT2D eigenvalue weighted by Gasteiger charge is -2.09. The molecular formula is C25H22ClFN4O3. The zero-order chi connectivity index (χ0) is 23.9. The van der Waals surface area contributed by atoms with Crippen molar-refractivity contribution in [3.8, 4) is 23.1 Å². The van der Waals surface area contributed by atoms with Gasteiger partial charge in [-0.25, -0.2) is 9.07 Å². The Bertz CT molecular complexity index is 1280. The summed E-state index contributed by atoms with van der Waals surface area (Å²) in [5.41, 5.74) is 1.83. The number of anilines is 1. The zero-order valence-corrected chi connectivity index (χ0v) is 19.1. The molecule has 0 bridgehead atoms. The molecule has 1 heterocycles. The molecule has 0 saturated carbocycles. The van der Waals surface area contributed by atoms with Gasteiger partial charge in [-0.15, -0.1) is 5.10 Å². The molecule has 3 aromatic carbocycles. The minimum Gasteiger partial charge on any atom is -0.460 e. The lowest BCUT2D eigenvalue weighted by Crippen LogP contribution is -2.12. The second-order valence-corrected chi connectivity index (χ2v) is 7.54. The molecule has 7 nitrogen and oxygen atoms in total. The average Bonchev–Trinajstić information content (AvgIpc) is 3.27. The first-order valence-corrected chi connectivity index (χ1v) is 11.0. The molecule has 4 rings (SSSR count). The highest BCUT2D eigenvalue weighted by molar-refractivity contribution is 6.34. The molecule has 0 saturated heterocycles. The minimum absolute atomic E-state index is 0.106. The smallest absolute Gasteiger partial charge is 0.336 e. The van der Waals surface area contributed by atoms with E-state index in [4.69, 9.17) is 21.1 Å². The van der Waals surface area contributed by atoms with Crippen molar-refractivity contribution < 1.29 is 18.7 Å². The Balaban J connectivity index is 1.60. The summed E-state index contributed by atoms with van der Waals surface area (Å²) in [6.07, 6.45) is 0. The van der Waals surface area contributed by atoms with Crippen LogP contribution in [0.15, 0.2) is 72.8 Å². The van der Waals surface area contributed by atoms with Gasteiger partial charge in [0.25, 0.3) is 5.91 Å². The molecular weight excluding hydrogens is 459 g/mol. The molecule has 1 N–H and O–H groups in total. The van der Waals surface area contributed by atoms with E-state index in [-0.39, 0.29) is 29.9 Å². The zero-order valence-electron chi connectivity index (χ0n) is 18.4. The molecule has 34 heavy (non-hydrogen) atoms. The van der Waals surface area contributed by atoms with Gasteiger partial charge < -0.3 is 14.8 Å². The fourth-order valence-corrected chi connectivity index (χ4v) is 3.44. The van der Waals surface area contributed by atoms with E-state index in [2.05, 4.69) is 15.4 Å². The predicted octanol–water partition coefficient (Wildman–Crippen LogP) is 5.39. The maximum atomic E-state index is 14.5. The average molecular weight is 481 g/mol. The number of nitrogens with zero attached hydrogens (tertiary/aromatic N) is 3. The summed E-state index contributed by atoms with van der Waals surface area (Å²) in [4.78, 5) is 16.9. The Hall–Kier alpha value is -3.75. The molecule has 1 aromatic heterocycles. The fourth-order valence-electron chi connectivity index (χ4n) is 3.22. The van der Waals surface area contributed by atoms with Gasteiger partial charge >= 0.3 is 6.01 Å². The van der Waals surface area contributed by atoms with Crippen LogP contribution in [0.2, 0.25) is 5.02 Å². The Morgan fingerprint density at radius 1 is 1.03 bits per heavy atom. The maximum absolute atomic E-state index is 14.5. The van der Waals surface area contributed by atoms with E-state index in [1.54, 1.807) is 66.7 Å². The first-order valence-electron chi connectivity index (χ1n) is 10.7. The Kier molecular flexibility index (Phi) is 7.51. The van der Waals surface area contributed by atoms with Crippen molar-refractivity contribution in [3.63, 3.8) is 0 Å². The van der Waals surface area contributed by atoms with E-state index in [0.717, 1.165) is 0 Å². The van der Waals surface area contributed by atoms with Crippen molar-refractivity contribution in [1.29, 1.82) is 0 Å². The van der Waals surface area contributed by atoms with Crippen LogP contribution < -0.4 is 10.1 Å². The van der Waals surface area contributed by atoms with Gasteiger partial charge in [0.2, 0.25) is 0 Å². The van der Waals surface area contributed by atoms with Crippen molar-refractivity contribution in [2.75, 3.05) is 25.1 Å². The molecule has 0 spiro atoms. The van der Waals surface area contributed by atoms with Crippen molar-refractivity contribution in [2.24, 2.45) is 0 Å². The topological polar surface area (TPSA) is 78.3 Å². The number of benzene rings is 3. The van der Waals surface area contributed by atoms with Crippen LogP contribution in [-0.4, -0.2) is 40.5 Å². The minimum atomic E-state index is -0.430. The Morgan fingerprint density at radius 3 is 2.50 bits per heavy atom. The summed E-state index contributed by atoms with van der Waals surface area (Å²) in [6, 6.07) is 20.1. The van der Waals surface area contributed by atoms with Crippen molar-refractivity contribution in [2.45, 2.75) is 6.92 Å². The third-order valence-corrected chi connectivity index (χ3v) is 5.18. The molecule has 0 aliphatic rings.